The van der Waals surface area contributed by atoms with Gasteiger partial charge in [-0.3, -0.25) is 0 Å². The van der Waals surface area contributed by atoms with Gasteiger partial charge in [0.15, 0.2) is 0 Å². The lowest BCUT2D eigenvalue weighted by Crippen LogP contribution is -1.98. The Balaban J connectivity index is 1.84. The van der Waals surface area contributed by atoms with E-state index in [-0.39, 0.29) is 5.76 Å². The molecule has 0 unspecified atom stereocenters. The summed E-state index contributed by atoms with van der Waals surface area (Å²) in [5.74, 6) is 0.312. The van der Waals surface area contributed by atoms with Gasteiger partial charge in [-0.2, -0.15) is 0 Å². The monoisotopic (exact) mass is 246 g/mol. The molecule has 18 heavy (non-hydrogen) atoms. The molecule has 0 aliphatic carbocycles. The minimum Gasteiger partial charge on any atom is -0.463 e. The number of hydrogen-bond acceptors (Lipinski definition) is 4. The fourth-order valence-corrected chi connectivity index (χ4v) is 1.51. The van der Waals surface area contributed by atoms with E-state index in [4.69, 9.17) is 9.15 Å². The van der Waals surface area contributed by atoms with E-state index in [1.54, 1.807) is 12.1 Å². The van der Waals surface area contributed by atoms with Crippen LogP contribution in [0.4, 0.5) is 0 Å². The van der Waals surface area contributed by atoms with Crippen molar-refractivity contribution in [3.63, 3.8) is 0 Å². The molecule has 0 aliphatic heterocycles. The second-order valence-electron chi connectivity index (χ2n) is 3.74. The summed E-state index contributed by atoms with van der Waals surface area (Å²) in [6.07, 6.45) is 0. The van der Waals surface area contributed by atoms with Crippen LogP contribution in [0.3, 0.4) is 0 Å². The van der Waals surface area contributed by atoms with Crippen LogP contribution in [-0.2, 0) is 22.7 Å². The van der Waals surface area contributed by atoms with Gasteiger partial charge in [-0.25, -0.2) is 4.79 Å². The van der Waals surface area contributed by atoms with Crippen molar-refractivity contribution < 1.29 is 18.7 Å². The van der Waals surface area contributed by atoms with Crippen molar-refractivity contribution in [2.75, 3.05) is 7.11 Å². The van der Waals surface area contributed by atoms with E-state index >= 15 is 0 Å². The first-order valence-electron chi connectivity index (χ1n) is 5.58. The van der Waals surface area contributed by atoms with Gasteiger partial charge in [0.05, 0.1) is 13.7 Å². The van der Waals surface area contributed by atoms with E-state index in [9.17, 15) is 4.79 Å². The fourth-order valence-electron chi connectivity index (χ4n) is 1.51. The number of esters is 1. The molecule has 0 aliphatic rings. The van der Waals surface area contributed by atoms with Crippen molar-refractivity contribution in [1.29, 1.82) is 0 Å². The van der Waals surface area contributed by atoms with Crippen LogP contribution in [0.15, 0.2) is 46.9 Å². The van der Waals surface area contributed by atoms with Gasteiger partial charge in [-0.1, -0.05) is 30.3 Å². The number of methoxy groups -OCH3 is 1. The predicted molar refractivity (Wildman–Crippen MR) is 65.0 cm³/mol. The minimum absolute atomic E-state index is 0.191. The number of furan rings is 1. The normalized spacial score (nSPS) is 10.3. The SMILES string of the molecule is COC(=O)c1ccc(COCc2ccccc2)o1. The summed E-state index contributed by atoms with van der Waals surface area (Å²) in [6.45, 7) is 0.834. The number of carbonyl (C=O) groups excluding carboxylic acids is 1. The van der Waals surface area contributed by atoms with E-state index in [2.05, 4.69) is 4.74 Å². The summed E-state index contributed by atoms with van der Waals surface area (Å²) in [5.41, 5.74) is 1.09. The molecule has 0 fully saturated rings. The predicted octanol–water partition coefficient (Wildman–Crippen LogP) is 2.78. The molecule has 4 nitrogen and oxygen atoms in total. The van der Waals surface area contributed by atoms with E-state index < -0.39 is 5.97 Å². The van der Waals surface area contributed by atoms with Gasteiger partial charge in [0.1, 0.15) is 12.4 Å². The largest absolute Gasteiger partial charge is 0.463 e. The number of rotatable bonds is 5. The summed E-state index contributed by atoms with van der Waals surface area (Å²) >= 11 is 0. The van der Waals surface area contributed by atoms with Crippen molar-refractivity contribution in [3.05, 3.63) is 59.5 Å². The molecule has 4 heteroatoms. The van der Waals surface area contributed by atoms with Crippen molar-refractivity contribution in [2.45, 2.75) is 13.2 Å². The van der Waals surface area contributed by atoms with Crippen LogP contribution in [0, 0.1) is 0 Å². The van der Waals surface area contributed by atoms with Crippen LogP contribution in [0.1, 0.15) is 21.9 Å². The lowest BCUT2D eigenvalue weighted by atomic mass is 10.2. The Labute approximate surface area is 105 Å². The van der Waals surface area contributed by atoms with Crippen LogP contribution in [0.2, 0.25) is 0 Å². The molecule has 0 saturated heterocycles. The number of ether oxygens (including phenoxy) is 2. The van der Waals surface area contributed by atoms with Gasteiger partial charge in [0, 0.05) is 0 Å². The standard InChI is InChI=1S/C14H14O4/c1-16-14(15)13-8-7-12(18-13)10-17-9-11-5-3-2-4-6-11/h2-8H,9-10H2,1H3. The van der Waals surface area contributed by atoms with Gasteiger partial charge in [-0.15, -0.1) is 0 Å². The maximum atomic E-state index is 11.2. The number of benzene rings is 1. The first kappa shape index (κ1) is 12.4. The first-order valence-corrected chi connectivity index (χ1v) is 5.58. The highest BCUT2D eigenvalue weighted by Gasteiger charge is 2.10. The van der Waals surface area contributed by atoms with Crippen LogP contribution in [0.25, 0.3) is 0 Å². The molecule has 0 radical (unpaired) electrons. The lowest BCUT2D eigenvalue weighted by molar-refractivity contribution is 0.0548. The van der Waals surface area contributed by atoms with Gasteiger partial charge in [0.25, 0.3) is 0 Å². The smallest absolute Gasteiger partial charge is 0.373 e. The molecular formula is C14H14O4. The Bertz CT molecular complexity index is 502. The average molecular weight is 246 g/mol. The van der Waals surface area contributed by atoms with Crippen molar-refractivity contribution in [1.82, 2.24) is 0 Å². The zero-order valence-corrected chi connectivity index (χ0v) is 10.1. The van der Waals surface area contributed by atoms with Gasteiger partial charge >= 0.3 is 5.97 Å². The highest BCUT2D eigenvalue weighted by atomic mass is 16.5. The highest BCUT2D eigenvalue weighted by molar-refractivity contribution is 5.86. The summed E-state index contributed by atoms with van der Waals surface area (Å²) in [5, 5.41) is 0. The molecule has 1 aromatic carbocycles. The van der Waals surface area contributed by atoms with Crippen molar-refractivity contribution in [2.24, 2.45) is 0 Å². The molecule has 0 N–H and O–H groups in total. The van der Waals surface area contributed by atoms with E-state index in [1.807, 2.05) is 30.3 Å². The van der Waals surface area contributed by atoms with Gasteiger partial charge in [0.2, 0.25) is 5.76 Å². The van der Waals surface area contributed by atoms with E-state index in [0.717, 1.165) is 5.56 Å². The zero-order chi connectivity index (χ0) is 12.8. The Morgan fingerprint density at radius 1 is 1.11 bits per heavy atom. The third-order valence-corrected chi connectivity index (χ3v) is 2.40. The van der Waals surface area contributed by atoms with Crippen molar-refractivity contribution in [3.8, 4) is 0 Å². The fraction of sp³-hybridized carbons (Fsp3) is 0.214. The number of hydrogen-bond donors (Lipinski definition) is 0. The maximum absolute atomic E-state index is 11.2. The molecule has 1 aromatic heterocycles. The first-order chi connectivity index (χ1) is 8.79. The Morgan fingerprint density at radius 2 is 1.89 bits per heavy atom. The van der Waals surface area contributed by atoms with Crippen LogP contribution < -0.4 is 0 Å². The Kier molecular flexibility index (Phi) is 4.15. The third-order valence-electron chi connectivity index (χ3n) is 2.40. The average Bonchev–Trinajstić information content (AvgIpc) is 2.88. The maximum Gasteiger partial charge on any atom is 0.373 e. The quantitative estimate of drug-likeness (QED) is 0.761. The number of carbonyl (C=O) groups is 1. The van der Waals surface area contributed by atoms with Crippen LogP contribution in [0.5, 0.6) is 0 Å². The molecule has 2 rings (SSSR count). The van der Waals surface area contributed by atoms with Crippen molar-refractivity contribution >= 4 is 5.97 Å². The van der Waals surface area contributed by atoms with E-state index in [1.165, 1.54) is 7.11 Å². The summed E-state index contributed by atoms with van der Waals surface area (Å²) in [6, 6.07) is 13.1. The summed E-state index contributed by atoms with van der Waals surface area (Å²) < 4.78 is 15.3. The lowest BCUT2D eigenvalue weighted by Gasteiger charge is -2.02. The molecule has 0 spiro atoms. The van der Waals surface area contributed by atoms with E-state index in [0.29, 0.717) is 19.0 Å². The highest BCUT2D eigenvalue weighted by Crippen LogP contribution is 2.11. The second-order valence-corrected chi connectivity index (χ2v) is 3.74. The summed E-state index contributed by atoms with van der Waals surface area (Å²) in [4.78, 5) is 11.2. The van der Waals surface area contributed by atoms with Gasteiger partial charge in [-0.05, 0) is 17.7 Å². The topological polar surface area (TPSA) is 48.7 Å². The molecular weight excluding hydrogens is 232 g/mol. The molecule has 0 atom stereocenters. The third kappa shape index (κ3) is 3.21. The van der Waals surface area contributed by atoms with Crippen LogP contribution >= 0.6 is 0 Å². The Morgan fingerprint density at radius 3 is 2.61 bits per heavy atom. The molecule has 0 amide bonds. The summed E-state index contributed by atoms with van der Waals surface area (Å²) in [7, 11) is 1.32. The Hall–Kier alpha value is -2.07. The second kappa shape index (κ2) is 6.02. The molecule has 2 aromatic rings. The van der Waals surface area contributed by atoms with Gasteiger partial charge < -0.3 is 13.9 Å². The molecule has 1 heterocycles. The molecule has 0 saturated carbocycles. The zero-order valence-electron chi connectivity index (χ0n) is 10.1. The molecule has 0 bridgehead atoms. The minimum atomic E-state index is -0.482. The van der Waals surface area contributed by atoms with Crippen LogP contribution in [-0.4, -0.2) is 13.1 Å². The molecule has 94 valence electrons.